The molecule has 2 fully saturated rings. The first-order chi connectivity index (χ1) is 12.2. The standard InChI is InChI=1S/C21H25NO4/c1-19(2)10-4-11-21-16(13-19)20(21,3)12-9-17(21)26-18(23)14-5-7-15(8-6-14)22(24)25/h5-9,16H,4,10-13H2,1-3H3/t16-,20-,21-/m1/s1. The molecular weight excluding hydrogens is 330 g/mol. The number of nitro benzene ring substituents is 1. The lowest BCUT2D eigenvalue weighted by atomic mass is 9.81. The van der Waals surface area contributed by atoms with Gasteiger partial charge in [0.15, 0.2) is 0 Å². The zero-order valence-electron chi connectivity index (χ0n) is 15.6. The number of nitro groups is 1. The summed E-state index contributed by atoms with van der Waals surface area (Å²) in [6.07, 6.45) is 7.69. The van der Waals surface area contributed by atoms with Crippen LogP contribution in [0.25, 0.3) is 0 Å². The average molecular weight is 355 g/mol. The lowest BCUT2D eigenvalue weighted by molar-refractivity contribution is -0.384. The third kappa shape index (κ3) is 2.32. The minimum atomic E-state index is -0.471. The maximum absolute atomic E-state index is 12.6. The maximum atomic E-state index is 12.6. The Hall–Kier alpha value is -2.17. The van der Waals surface area contributed by atoms with Crippen molar-refractivity contribution in [1.82, 2.24) is 0 Å². The highest BCUT2D eigenvalue weighted by Crippen LogP contribution is 2.82. The zero-order chi connectivity index (χ0) is 18.7. The van der Waals surface area contributed by atoms with Crippen molar-refractivity contribution in [1.29, 1.82) is 0 Å². The summed E-state index contributed by atoms with van der Waals surface area (Å²) in [5.74, 6) is 1.00. The monoisotopic (exact) mass is 355 g/mol. The van der Waals surface area contributed by atoms with E-state index < -0.39 is 10.9 Å². The number of carbonyl (C=O) groups is 1. The molecule has 26 heavy (non-hydrogen) atoms. The molecule has 138 valence electrons. The SMILES string of the molecule is CC1(C)CCC[C@@]23C(OC(=O)c4ccc([N+](=O)[O-])cc4)=CC[C@]2(C)[C@H]3C1. The van der Waals surface area contributed by atoms with Crippen LogP contribution < -0.4 is 0 Å². The molecule has 0 amide bonds. The van der Waals surface area contributed by atoms with Gasteiger partial charge in [-0.2, -0.15) is 0 Å². The molecule has 5 nitrogen and oxygen atoms in total. The van der Waals surface area contributed by atoms with Crippen LogP contribution in [0.1, 0.15) is 63.2 Å². The quantitative estimate of drug-likeness (QED) is 0.421. The first kappa shape index (κ1) is 17.3. The number of allylic oxidation sites excluding steroid dienone is 2. The van der Waals surface area contributed by atoms with Crippen molar-refractivity contribution in [2.45, 2.75) is 52.9 Å². The number of ether oxygens (including phenoxy) is 1. The number of carbonyl (C=O) groups excluding carboxylic acids is 1. The number of fused-ring (bicyclic) bond motifs is 1. The van der Waals surface area contributed by atoms with Gasteiger partial charge in [0.1, 0.15) is 5.76 Å². The van der Waals surface area contributed by atoms with Gasteiger partial charge in [0.25, 0.3) is 5.69 Å². The van der Waals surface area contributed by atoms with E-state index in [1.165, 1.54) is 37.1 Å². The molecule has 3 atom stereocenters. The molecule has 1 spiro atoms. The molecule has 1 aromatic carbocycles. The third-order valence-electron chi connectivity index (χ3n) is 7.15. The Morgan fingerprint density at radius 2 is 1.88 bits per heavy atom. The number of rotatable bonds is 3. The number of esters is 1. The van der Waals surface area contributed by atoms with Crippen molar-refractivity contribution in [2.24, 2.45) is 22.2 Å². The molecule has 0 unspecified atom stereocenters. The molecule has 0 saturated heterocycles. The van der Waals surface area contributed by atoms with Crippen LogP contribution in [0.5, 0.6) is 0 Å². The van der Waals surface area contributed by atoms with Gasteiger partial charge in [0.2, 0.25) is 0 Å². The molecule has 0 radical (unpaired) electrons. The van der Waals surface area contributed by atoms with Crippen LogP contribution in [-0.2, 0) is 4.74 Å². The minimum Gasteiger partial charge on any atom is -0.427 e. The summed E-state index contributed by atoms with van der Waals surface area (Å²) >= 11 is 0. The summed E-state index contributed by atoms with van der Waals surface area (Å²) < 4.78 is 5.85. The number of hydrogen-bond donors (Lipinski definition) is 0. The fourth-order valence-electron chi connectivity index (χ4n) is 5.62. The highest BCUT2D eigenvalue weighted by Gasteiger charge is 2.78. The second kappa shape index (κ2) is 5.41. The topological polar surface area (TPSA) is 69.4 Å². The van der Waals surface area contributed by atoms with Crippen LogP contribution in [0, 0.1) is 32.3 Å². The highest BCUT2D eigenvalue weighted by atomic mass is 16.6. The van der Waals surface area contributed by atoms with Crippen LogP contribution in [0.3, 0.4) is 0 Å². The summed E-state index contributed by atoms with van der Waals surface area (Å²) in [7, 11) is 0. The van der Waals surface area contributed by atoms with Crippen molar-refractivity contribution in [3.8, 4) is 0 Å². The Labute approximate surface area is 153 Å². The second-order valence-corrected chi connectivity index (χ2v) is 9.13. The predicted octanol–water partition coefficient (Wildman–Crippen LogP) is 5.26. The van der Waals surface area contributed by atoms with Gasteiger partial charge in [-0.3, -0.25) is 10.1 Å². The van der Waals surface area contributed by atoms with Crippen LogP contribution >= 0.6 is 0 Å². The number of hydrogen-bond acceptors (Lipinski definition) is 4. The summed E-state index contributed by atoms with van der Waals surface area (Å²) in [5, 5.41) is 10.8. The first-order valence-corrected chi connectivity index (χ1v) is 9.37. The second-order valence-electron chi connectivity index (χ2n) is 9.13. The van der Waals surface area contributed by atoms with E-state index in [0.29, 0.717) is 16.9 Å². The van der Waals surface area contributed by atoms with E-state index in [9.17, 15) is 14.9 Å². The van der Waals surface area contributed by atoms with Gasteiger partial charge in [-0.05, 0) is 60.6 Å². The van der Waals surface area contributed by atoms with Crippen LogP contribution in [0.2, 0.25) is 0 Å². The number of non-ortho nitro benzene ring substituents is 1. The smallest absolute Gasteiger partial charge is 0.343 e. The number of benzene rings is 1. The van der Waals surface area contributed by atoms with E-state index in [1.807, 2.05) is 0 Å². The molecule has 3 aliphatic carbocycles. The Bertz CT molecular complexity index is 810. The van der Waals surface area contributed by atoms with Gasteiger partial charge < -0.3 is 4.74 Å². The van der Waals surface area contributed by atoms with Gasteiger partial charge in [-0.25, -0.2) is 4.79 Å². The molecule has 4 rings (SSSR count). The zero-order valence-corrected chi connectivity index (χ0v) is 15.6. The Morgan fingerprint density at radius 3 is 2.54 bits per heavy atom. The molecule has 0 aliphatic heterocycles. The molecule has 0 N–H and O–H groups in total. The van der Waals surface area contributed by atoms with Crippen molar-refractivity contribution in [3.63, 3.8) is 0 Å². The summed E-state index contributed by atoms with van der Waals surface area (Å²) in [6, 6.07) is 5.62. The Morgan fingerprint density at radius 1 is 1.19 bits per heavy atom. The van der Waals surface area contributed by atoms with E-state index in [-0.39, 0.29) is 16.5 Å². The van der Waals surface area contributed by atoms with Crippen LogP contribution in [0.4, 0.5) is 5.69 Å². The summed E-state index contributed by atoms with van der Waals surface area (Å²) in [4.78, 5) is 22.9. The molecule has 0 aromatic heterocycles. The third-order valence-corrected chi connectivity index (χ3v) is 7.15. The summed E-state index contributed by atoms with van der Waals surface area (Å²) in [6.45, 7) is 7.02. The Balaban J connectivity index is 1.54. The van der Waals surface area contributed by atoms with Crippen molar-refractivity contribution < 1.29 is 14.5 Å². The lowest BCUT2D eigenvalue weighted by Crippen LogP contribution is -2.15. The van der Waals surface area contributed by atoms with E-state index in [4.69, 9.17) is 4.74 Å². The van der Waals surface area contributed by atoms with E-state index in [2.05, 4.69) is 26.8 Å². The minimum absolute atomic E-state index is 0.0111. The molecular formula is C21H25NO4. The van der Waals surface area contributed by atoms with Gasteiger partial charge in [-0.15, -0.1) is 0 Å². The van der Waals surface area contributed by atoms with Gasteiger partial charge >= 0.3 is 5.97 Å². The molecule has 2 saturated carbocycles. The highest BCUT2D eigenvalue weighted by molar-refractivity contribution is 5.90. The largest absolute Gasteiger partial charge is 0.427 e. The molecule has 0 bridgehead atoms. The van der Waals surface area contributed by atoms with Gasteiger partial charge in [0.05, 0.1) is 10.5 Å². The van der Waals surface area contributed by atoms with E-state index >= 15 is 0 Å². The fraction of sp³-hybridized carbons (Fsp3) is 0.571. The van der Waals surface area contributed by atoms with E-state index in [0.717, 1.165) is 25.0 Å². The van der Waals surface area contributed by atoms with Gasteiger partial charge in [-0.1, -0.05) is 27.2 Å². The fourth-order valence-corrected chi connectivity index (χ4v) is 5.62. The lowest BCUT2D eigenvalue weighted by Gasteiger charge is -2.24. The van der Waals surface area contributed by atoms with Crippen molar-refractivity contribution >= 4 is 11.7 Å². The maximum Gasteiger partial charge on any atom is 0.343 e. The molecule has 5 heteroatoms. The average Bonchev–Trinajstić information content (AvgIpc) is 3.00. The van der Waals surface area contributed by atoms with E-state index in [1.54, 1.807) is 0 Å². The van der Waals surface area contributed by atoms with Crippen LogP contribution in [0.15, 0.2) is 36.1 Å². The Kier molecular flexibility index (Phi) is 3.59. The van der Waals surface area contributed by atoms with Crippen molar-refractivity contribution in [2.75, 3.05) is 0 Å². The number of nitrogens with zero attached hydrogens (tertiary/aromatic N) is 1. The summed E-state index contributed by atoms with van der Waals surface area (Å²) in [5.41, 5.74) is 0.899. The van der Waals surface area contributed by atoms with Crippen LogP contribution in [-0.4, -0.2) is 10.9 Å². The normalized spacial score (nSPS) is 34.1. The molecule has 0 heterocycles. The molecule has 1 aromatic rings. The van der Waals surface area contributed by atoms with Gasteiger partial charge in [0, 0.05) is 17.5 Å². The van der Waals surface area contributed by atoms with Crippen molar-refractivity contribution in [3.05, 3.63) is 51.8 Å². The predicted molar refractivity (Wildman–Crippen MR) is 97.5 cm³/mol. The molecule has 3 aliphatic rings. The first-order valence-electron chi connectivity index (χ1n) is 9.37.